The van der Waals surface area contributed by atoms with Gasteiger partial charge < -0.3 is 5.73 Å². The number of hydrogen-bond donors (Lipinski definition) is 1. The maximum absolute atomic E-state index is 5.89. The van der Waals surface area contributed by atoms with Crippen molar-refractivity contribution in [3.05, 3.63) is 35.7 Å². The van der Waals surface area contributed by atoms with E-state index in [1.165, 1.54) is 0 Å². The van der Waals surface area contributed by atoms with Gasteiger partial charge in [0.1, 0.15) is 11.5 Å². The van der Waals surface area contributed by atoms with Crippen molar-refractivity contribution < 1.29 is 0 Å². The minimum absolute atomic E-state index is 0.508. The lowest BCUT2D eigenvalue weighted by molar-refractivity contribution is 0.635. The van der Waals surface area contributed by atoms with Crippen molar-refractivity contribution in [1.29, 1.82) is 0 Å². The smallest absolute Gasteiger partial charge is 0.180 e. The first kappa shape index (κ1) is 13.5. The van der Waals surface area contributed by atoms with Crippen molar-refractivity contribution in [2.75, 3.05) is 5.73 Å². The van der Waals surface area contributed by atoms with E-state index in [0.717, 1.165) is 29.8 Å². The van der Waals surface area contributed by atoms with Gasteiger partial charge in [-0.2, -0.15) is 0 Å². The predicted molar refractivity (Wildman–Crippen MR) is 77.6 cm³/mol. The molecule has 100 valence electrons. The highest BCUT2D eigenvalue weighted by Gasteiger charge is 2.11. The minimum atomic E-state index is 0.508. The van der Waals surface area contributed by atoms with Crippen LogP contribution in [-0.2, 0) is 12.8 Å². The Balaban J connectivity index is 2.47. The zero-order valence-electron chi connectivity index (χ0n) is 11.7. The molecule has 0 spiro atoms. The summed E-state index contributed by atoms with van der Waals surface area (Å²) in [7, 11) is 0. The van der Waals surface area contributed by atoms with E-state index < -0.39 is 0 Å². The summed E-state index contributed by atoms with van der Waals surface area (Å²) in [6.45, 7) is 6.42. The predicted octanol–water partition coefficient (Wildman–Crippen LogP) is 2.88. The Kier molecular flexibility index (Phi) is 4.10. The highest BCUT2D eigenvalue weighted by molar-refractivity contribution is 5.56. The monoisotopic (exact) mass is 256 g/mol. The van der Waals surface area contributed by atoms with Gasteiger partial charge in [0.2, 0.25) is 0 Å². The maximum Gasteiger partial charge on any atom is 0.180 e. The van der Waals surface area contributed by atoms with E-state index in [1.807, 2.05) is 12.1 Å². The number of aryl methyl sites for hydroxylation is 1. The first-order valence-electron chi connectivity index (χ1n) is 6.67. The molecular formula is C15H20N4. The van der Waals surface area contributed by atoms with Crippen LogP contribution >= 0.6 is 0 Å². The molecule has 0 saturated carbocycles. The van der Waals surface area contributed by atoms with Crippen LogP contribution in [0.25, 0.3) is 11.5 Å². The van der Waals surface area contributed by atoms with Crippen LogP contribution in [0.4, 0.5) is 5.82 Å². The van der Waals surface area contributed by atoms with E-state index in [2.05, 4.69) is 41.8 Å². The number of nitrogens with two attached hydrogens (primary N) is 1. The zero-order valence-corrected chi connectivity index (χ0v) is 11.7. The SMILES string of the molecule is CCc1cccnc1-c1nc(N)cc(CC(C)C)n1. The minimum Gasteiger partial charge on any atom is -0.384 e. The van der Waals surface area contributed by atoms with E-state index >= 15 is 0 Å². The molecule has 0 aliphatic heterocycles. The Morgan fingerprint density at radius 1 is 1.26 bits per heavy atom. The summed E-state index contributed by atoms with van der Waals surface area (Å²) < 4.78 is 0. The number of aromatic nitrogens is 3. The van der Waals surface area contributed by atoms with E-state index in [0.29, 0.717) is 17.6 Å². The van der Waals surface area contributed by atoms with Gasteiger partial charge in [-0.05, 0) is 30.4 Å². The highest BCUT2D eigenvalue weighted by Crippen LogP contribution is 2.20. The molecule has 0 fully saturated rings. The number of pyridine rings is 1. The second-order valence-corrected chi connectivity index (χ2v) is 5.07. The molecule has 0 aliphatic carbocycles. The number of nitrogens with zero attached hydrogens (tertiary/aromatic N) is 3. The van der Waals surface area contributed by atoms with Crippen molar-refractivity contribution >= 4 is 5.82 Å². The average molecular weight is 256 g/mol. The van der Waals surface area contributed by atoms with Gasteiger partial charge in [0.25, 0.3) is 0 Å². The number of hydrogen-bond acceptors (Lipinski definition) is 4. The Hall–Kier alpha value is -1.97. The average Bonchev–Trinajstić information content (AvgIpc) is 2.37. The van der Waals surface area contributed by atoms with Gasteiger partial charge in [-0.25, -0.2) is 9.97 Å². The Bertz CT molecular complexity index is 564. The van der Waals surface area contributed by atoms with Gasteiger partial charge in [-0.1, -0.05) is 26.8 Å². The van der Waals surface area contributed by atoms with Crippen LogP contribution in [0.5, 0.6) is 0 Å². The number of anilines is 1. The number of rotatable bonds is 4. The second kappa shape index (κ2) is 5.78. The topological polar surface area (TPSA) is 64.7 Å². The summed E-state index contributed by atoms with van der Waals surface area (Å²) >= 11 is 0. The molecule has 0 bridgehead atoms. The molecule has 2 rings (SSSR count). The largest absolute Gasteiger partial charge is 0.384 e. The molecular weight excluding hydrogens is 236 g/mol. The normalized spacial score (nSPS) is 10.9. The van der Waals surface area contributed by atoms with Crippen molar-refractivity contribution in [2.45, 2.75) is 33.6 Å². The van der Waals surface area contributed by atoms with Crippen LogP contribution in [0, 0.1) is 5.92 Å². The van der Waals surface area contributed by atoms with Crippen LogP contribution < -0.4 is 5.73 Å². The molecule has 0 unspecified atom stereocenters. The first-order valence-corrected chi connectivity index (χ1v) is 6.67. The van der Waals surface area contributed by atoms with Crippen LogP contribution in [0.2, 0.25) is 0 Å². The van der Waals surface area contributed by atoms with E-state index in [9.17, 15) is 0 Å². The third-order valence-electron chi connectivity index (χ3n) is 2.90. The fourth-order valence-electron chi connectivity index (χ4n) is 2.07. The molecule has 2 N–H and O–H groups in total. The van der Waals surface area contributed by atoms with Crippen molar-refractivity contribution in [1.82, 2.24) is 15.0 Å². The third kappa shape index (κ3) is 3.28. The molecule has 0 aromatic carbocycles. The fourth-order valence-corrected chi connectivity index (χ4v) is 2.07. The summed E-state index contributed by atoms with van der Waals surface area (Å²) in [6, 6.07) is 5.83. The lowest BCUT2D eigenvalue weighted by Crippen LogP contribution is -2.05. The molecule has 0 saturated heterocycles. The molecule has 4 nitrogen and oxygen atoms in total. The van der Waals surface area contributed by atoms with Gasteiger partial charge in [0.05, 0.1) is 0 Å². The van der Waals surface area contributed by atoms with Crippen molar-refractivity contribution in [3.63, 3.8) is 0 Å². The second-order valence-electron chi connectivity index (χ2n) is 5.07. The van der Waals surface area contributed by atoms with Crippen LogP contribution in [0.15, 0.2) is 24.4 Å². The Labute approximate surface area is 114 Å². The molecule has 2 heterocycles. The standard InChI is InChI=1S/C15H20N4/c1-4-11-6-5-7-17-14(11)15-18-12(8-10(2)3)9-13(16)19-15/h5-7,9-10H,4,8H2,1-3H3,(H2,16,18,19). The summed E-state index contributed by atoms with van der Waals surface area (Å²) in [5.74, 6) is 1.68. The Morgan fingerprint density at radius 3 is 2.74 bits per heavy atom. The van der Waals surface area contributed by atoms with E-state index in [-0.39, 0.29) is 0 Å². The van der Waals surface area contributed by atoms with Gasteiger partial charge >= 0.3 is 0 Å². The van der Waals surface area contributed by atoms with Crippen molar-refractivity contribution in [3.8, 4) is 11.5 Å². The summed E-state index contributed by atoms with van der Waals surface area (Å²) in [5.41, 5.74) is 8.84. The molecule has 0 radical (unpaired) electrons. The molecule has 19 heavy (non-hydrogen) atoms. The summed E-state index contributed by atoms with van der Waals surface area (Å²) in [4.78, 5) is 13.3. The zero-order chi connectivity index (χ0) is 13.8. The molecule has 4 heteroatoms. The molecule has 0 amide bonds. The highest BCUT2D eigenvalue weighted by atomic mass is 15.0. The van der Waals surface area contributed by atoms with E-state index in [1.54, 1.807) is 6.20 Å². The van der Waals surface area contributed by atoms with Crippen LogP contribution in [0.1, 0.15) is 32.0 Å². The fraction of sp³-hybridized carbons (Fsp3) is 0.400. The van der Waals surface area contributed by atoms with E-state index in [4.69, 9.17) is 5.73 Å². The molecule has 2 aromatic heterocycles. The van der Waals surface area contributed by atoms with Gasteiger partial charge in [0, 0.05) is 18.0 Å². The quantitative estimate of drug-likeness (QED) is 0.913. The third-order valence-corrected chi connectivity index (χ3v) is 2.90. The Morgan fingerprint density at radius 2 is 2.05 bits per heavy atom. The molecule has 2 aromatic rings. The number of nitrogen functional groups attached to an aromatic ring is 1. The molecule has 0 aliphatic rings. The van der Waals surface area contributed by atoms with Crippen molar-refractivity contribution in [2.24, 2.45) is 5.92 Å². The summed E-state index contributed by atoms with van der Waals surface area (Å²) in [5, 5.41) is 0. The first-order chi connectivity index (χ1) is 9.10. The maximum atomic E-state index is 5.89. The van der Waals surface area contributed by atoms with Gasteiger partial charge in [0.15, 0.2) is 5.82 Å². The summed E-state index contributed by atoms with van der Waals surface area (Å²) in [6.07, 6.45) is 3.57. The lowest BCUT2D eigenvalue weighted by Gasteiger charge is -2.09. The lowest BCUT2D eigenvalue weighted by atomic mass is 10.1. The van der Waals surface area contributed by atoms with Crippen LogP contribution in [-0.4, -0.2) is 15.0 Å². The molecule has 0 atom stereocenters. The van der Waals surface area contributed by atoms with Crippen LogP contribution in [0.3, 0.4) is 0 Å². The van der Waals surface area contributed by atoms with Gasteiger partial charge in [-0.15, -0.1) is 0 Å². The van der Waals surface area contributed by atoms with Gasteiger partial charge in [-0.3, -0.25) is 4.98 Å².